The molecule has 0 atom stereocenters. The van der Waals surface area contributed by atoms with E-state index in [1.807, 2.05) is 30.0 Å². The number of hydrogen-bond donors (Lipinski definition) is 1. The number of aryl methyl sites for hydroxylation is 1. The number of halogens is 1. The first kappa shape index (κ1) is 15.0. The maximum absolute atomic E-state index is 12.4. The van der Waals surface area contributed by atoms with Crippen molar-refractivity contribution in [3.8, 4) is 0 Å². The number of carboxylic acid groups (broad SMARTS) is 1. The number of benzene rings is 1. The highest BCUT2D eigenvalue weighted by atomic mass is 79.9. The fourth-order valence-electron chi connectivity index (χ4n) is 2.55. The Labute approximate surface area is 126 Å². The highest BCUT2D eigenvalue weighted by molar-refractivity contribution is 9.10. The molecule has 1 heterocycles. The zero-order valence-electron chi connectivity index (χ0n) is 11.4. The maximum Gasteiger partial charge on any atom is 0.303 e. The molecule has 1 N–H and O–H groups in total. The zero-order valence-corrected chi connectivity index (χ0v) is 13.0. The maximum atomic E-state index is 12.4. The van der Waals surface area contributed by atoms with E-state index in [9.17, 15) is 9.59 Å². The Balaban J connectivity index is 1.97. The van der Waals surface area contributed by atoms with Crippen molar-refractivity contribution in [3.63, 3.8) is 0 Å². The van der Waals surface area contributed by atoms with E-state index in [-0.39, 0.29) is 18.2 Å². The Kier molecular flexibility index (Phi) is 4.81. The second-order valence-corrected chi connectivity index (χ2v) is 6.15. The Bertz CT molecular complexity index is 522. The fourth-order valence-corrected chi connectivity index (χ4v) is 2.79. The molecule has 0 radical (unpaired) electrons. The predicted molar refractivity (Wildman–Crippen MR) is 79.8 cm³/mol. The van der Waals surface area contributed by atoms with Crippen molar-refractivity contribution >= 4 is 27.8 Å². The Morgan fingerprint density at radius 1 is 1.35 bits per heavy atom. The Hall–Kier alpha value is -1.36. The van der Waals surface area contributed by atoms with Crippen molar-refractivity contribution in [2.24, 2.45) is 5.92 Å². The number of amides is 1. The van der Waals surface area contributed by atoms with Crippen LogP contribution in [0.3, 0.4) is 0 Å². The first-order valence-electron chi connectivity index (χ1n) is 6.74. The molecule has 20 heavy (non-hydrogen) atoms. The summed E-state index contributed by atoms with van der Waals surface area (Å²) in [4.78, 5) is 24.9. The van der Waals surface area contributed by atoms with E-state index < -0.39 is 5.97 Å². The SMILES string of the molecule is Cc1cc(C(=O)N2CCC(CC(=O)O)CC2)ccc1Br. The summed E-state index contributed by atoms with van der Waals surface area (Å²) in [6.45, 7) is 3.25. The summed E-state index contributed by atoms with van der Waals surface area (Å²) in [7, 11) is 0. The minimum atomic E-state index is -0.752. The molecule has 108 valence electrons. The van der Waals surface area contributed by atoms with Gasteiger partial charge in [-0.3, -0.25) is 9.59 Å². The molecular weight excluding hydrogens is 322 g/mol. The van der Waals surface area contributed by atoms with Gasteiger partial charge in [0.2, 0.25) is 0 Å². The van der Waals surface area contributed by atoms with Crippen molar-refractivity contribution in [1.82, 2.24) is 4.90 Å². The molecule has 1 fully saturated rings. The third-order valence-corrected chi connectivity index (χ3v) is 4.66. The first-order valence-corrected chi connectivity index (χ1v) is 7.54. The smallest absolute Gasteiger partial charge is 0.303 e. The number of carbonyl (C=O) groups is 2. The highest BCUT2D eigenvalue weighted by Gasteiger charge is 2.25. The van der Waals surface area contributed by atoms with Crippen molar-refractivity contribution in [2.45, 2.75) is 26.2 Å². The summed E-state index contributed by atoms with van der Waals surface area (Å²) in [5, 5.41) is 8.79. The van der Waals surface area contributed by atoms with Gasteiger partial charge in [-0.25, -0.2) is 0 Å². The van der Waals surface area contributed by atoms with Gasteiger partial charge in [-0.2, -0.15) is 0 Å². The van der Waals surface area contributed by atoms with E-state index in [2.05, 4.69) is 15.9 Å². The molecule has 0 spiro atoms. The molecule has 4 nitrogen and oxygen atoms in total. The number of piperidine rings is 1. The van der Waals surface area contributed by atoms with Gasteiger partial charge in [0.1, 0.15) is 0 Å². The summed E-state index contributed by atoms with van der Waals surface area (Å²) >= 11 is 3.42. The molecule has 1 aliphatic rings. The van der Waals surface area contributed by atoms with Gasteiger partial charge >= 0.3 is 5.97 Å². The highest BCUT2D eigenvalue weighted by Crippen LogP contribution is 2.23. The van der Waals surface area contributed by atoms with Crippen LogP contribution in [0.2, 0.25) is 0 Å². The Morgan fingerprint density at radius 2 is 2.00 bits per heavy atom. The molecule has 2 rings (SSSR count). The van der Waals surface area contributed by atoms with E-state index in [1.165, 1.54) is 0 Å². The lowest BCUT2D eigenvalue weighted by Gasteiger charge is -2.31. The van der Waals surface area contributed by atoms with Crippen LogP contribution in [0.1, 0.15) is 35.2 Å². The van der Waals surface area contributed by atoms with E-state index >= 15 is 0 Å². The zero-order chi connectivity index (χ0) is 14.7. The van der Waals surface area contributed by atoms with E-state index in [0.29, 0.717) is 18.7 Å². The number of hydrogen-bond acceptors (Lipinski definition) is 2. The third-order valence-electron chi connectivity index (χ3n) is 3.77. The quantitative estimate of drug-likeness (QED) is 0.920. The van der Waals surface area contributed by atoms with E-state index in [0.717, 1.165) is 22.9 Å². The third kappa shape index (κ3) is 3.60. The normalized spacial score (nSPS) is 16.2. The topological polar surface area (TPSA) is 57.6 Å². The molecule has 0 bridgehead atoms. The van der Waals surface area contributed by atoms with Crippen LogP contribution in [-0.4, -0.2) is 35.0 Å². The number of carbonyl (C=O) groups excluding carboxylic acids is 1. The number of aliphatic carboxylic acids is 1. The summed E-state index contributed by atoms with van der Waals surface area (Å²) in [5.74, 6) is -0.518. The lowest BCUT2D eigenvalue weighted by atomic mass is 9.93. The van der Waals surface area contributed by atoms with Gasteiger partial charge in [-0.15, -0.1) is 0 Å². The first-order chi connectivity index (χ1) is 9.47. The molecule has 1 aromatic carbocycles. The van der Waals surface area contributed by atoms with Gasteiger partial charge < -0.3 is 10.0 Å². The average Bonchev–Trinajstić information content (AvgIpc) is 2.41. The minimum Gasteiger partial charge on any atom is -0.481 e. The number of rotatable bonds is 3. The van der Waals surface area contributed by atoms with Gasteiger partial charge in [0.25, 0.3) is 5.91 Å². The van der Waals surface area contributed by atoms with Crippen molar-refractivity contribution in [1.29, 1.82) is 0 Å². The van der Waals surface area contributed by atoms with Gasteiger partial charge in [0.05, 0.1) is 0 Å². The molecule has 0 aliphatic carbocycles. The van der Waals surface area contributed by atoms with Crippen LogP contribution in [0, 0.1) is 12.8 Å². The molecule has 5 heteroatoms. The van der Waals surface area contributed by atoms with E-state index in [1.54, 1.807) is 0 Å². The molecule has 1 aliphatic heterocycles. The monoisotopic (exact) mass is 339 g/mol. The summed E-state index contributed by atoms with van der Waals surface area (Å²) in [5.41, 5.74) is 1.74. The van der Waals surface area contributed by atoms with Crippen LogP contribution in [0.5, 0.6) is 0 Å². The molecule has 1 aromatic rings. The number of carboxylic acids is 1. The van der Waals surface area contributed by atoms with Crippen LogP contribution >= 0.6 is 15.9 Å². The van der Waals surface area contributed by atoms with E-state index in [4.69, 9.17) is 5.11 Å². The lowest BCUT2D eigenvalue weighted by Crippen LogP contribution is -2.38. The second-order valence-electron chi connectivity index (χ2n) is 5.30. The van der Waals surface area contributed by atoms with Gasteiger partial charge in [0, 0.05) is 29.5 Å². The molecular formula is C15H18BrNO3. The standard InChI is InChI=1S/C15H18BrNO3/c1-10-8-12(2-3-13(10)16)15(20)17-6-4-11(5-7-17)9-14(18)19/h2-3,8,11H,4-7,9H2,1H3,(H,18,19). The van der Waals surface area contributed by atoms with Crippen LogP contribution in [0.25, 0.3) is 0 Å². The van der Waals surface area contributed by atoms with Crippen LogP contribution in [0.4, 0.5) is 0 Å². The predicted octanol–water partition coefficient (Wildman–Crippen LogP) is 3.08. The van der Waals surface area contributed by atoms with Gasteiger partial charge in [-0.1, -0.05) is 15.9 Å². The second kappa shape index (κ2) is 6.39. The fraction of sp³-hybridized carbons (Fsp3) is 0.467. The van der Waals surface area contributed by atoms with Crippen LogP contribution < -0.4 is 0 Å². The molecule has 0 aromatic heterocycles. The van der Waals surface area contributed by atoms with Gasteiger partial charge in [0.15, 0.2) is 0 Å². The largest absolute Gasteiger partial charge is 0.481 e. The minimum absolute atomic E-state index is 0.0365. The summed E-state index contributed by atoms with van der Waals surface area (Å²) in [6.07, 6.45) is 1.75. The van der Waals surface area contributed by atoms with Crippen molar-refractivity contribution < 1.29 is 14.7 Å². The van der Waals surface area contributed by atoms with Gasteiger partial charge in [-0.05, 0) is 49.4 Å². The average molecular weight is 340 g/mol. The van der Waals surface area contributed by atoms with Crippen molar-refractivity contribution in [2.75, 3.05) is 13.1 Å². The summed E-state index contributed by atoms with van der Waals surface area (Å²) < 4.78 is 0.995. The number of likely N-dealkylation sites (tertiary alicyclic amines) is 1. The lowest BCUT2D eigenvalue weighted by molar-refractivity contribution is -0.138. The number of nitrogens with zero attached hydrogens (tertiary/aromatic N) is 1. The molecule has 0 unspecified atom stereocenters. The molecule has 1 amide bonds. The van der Waals surface area contributed by atoms with Crippen molar-refractivity contribution in [3.05, 3.63) is 33.8 Å². The Morgan fingerprint density at radius 3 is 2.55 bits per heavy atom. The molecule has 0 saturated carbocycles. The van der Waals surface area contributed by atoms with Crippen LogP contribution in [0.15, 0.2) is 22.7 Å². The molecule has 1 saturated heterocycles. The van der Waals surface area contributed by atoms with Crippen LogP contribution in [-0.2, 0) is 4.79 Å². The summed E-state index contributed by atoms with van der Waals surface area (Å²) in [6, 6.07) is 5.60.